The van der Waals surface area contributed by atoms with Crippen LogP contribution in [0.1, 0.15) is 19.1 Å². The first-order valence-electron chi connectivity index (χ1n) is 6.97. The van der Waals surface area contributed by atoms with Crippen molar-refractivity contribution in [3.05, 3.63) is 15.9 Å². The molecule has 2 aliphatic rings. The Hall–Kier alpha value is -0.238. The number of hydrogen-bond acceptors (Lipinski definition) is 8. The maximum absolute atomic E-state index is 12.3. The van der Waals surface area contributed by atoms with Crippen molar-refractivity contribution < 1.29 is 9.84 Å². The second-order valence-corrected chi connectivity index (χ2v) is 8.63. The number of aliphatic hydroxyl groups excluding tert-OH is 1. The van der Waals surface area contributed by atoms with Crippen LogP contribution in [-0.4, -0.2) is 63.0 Å². The molecule has 4 rings (SSSR count). The fraction of sp³-hybridized carbons (Fsp3) is 0.583. The van der Waals surface area contributed by atoms with Crippen LogP contribution in [0.5, 0.6) is 0 Å². The van der Waals surface area contributed by atoms with E-state index in [1.807, 2.05) is 0 Å². The first-order chi connectivity index (χ1) is 10.7. The van der Waals surface area contributed by atoms with Gasteiger partial charge in [-0.2, -0.15) is 0 Å². The van der Waals surface area contributed by atoms with Crippen LogP contribution >= 0.6 is 23.1 Å². The van der Waals surface area contributed by atoms with Gasteiger partial charge in [-0.3, -0.25) is 0 Å². The van der Waals surface area contributed by atoms with Crippen LogP contribution in [0.25, 0.3) is 10.3 Å². The zero-order chi connectivity index (χ0) is 15.3. The third-order valence-electron chi connectivity index (χ3n) is 3.85. The normalized spacial score (nSPS) is 26.4. The van der Waals surface area contributed by atoms with Gasteiger partial charge in [0.15, 0.2) is 0 Å². The molecule has 2 aromatic rings. The summed E-state index contributed by atoms with van der Waals surface area (Å²) in [5, 5.41) is 10.2. The molecule has 22 heavy (non-hydrogen) atoms. The van der Waals surface area contributed by atoms with Gasteiger partial charge in [-0.05, 0) is 0 Å². The van der Waals surface area contributed by atoms with Crippen LogP contribution in [0.4, 0.5) is 5.95 Å². The summed E-state index contributed by atoms with van der Waals surface area (Å²) in [6.45, 7) is 0. The molecular formula is C12H13N4O3S2Tl. The zero-order valence-electron chi connectivity index (χ0n) is 11.5. The number of aromatic nitrogens is 3. The number of nitrogens with zero attached hydrogens (tertiary/aromatic N) is 3. The molecule has 1 aliphatic heterocycles. The van der Waals surface area contributed by atoms with E-state index in [1.54, 1.807) is 22.5 Å². The summed E-state index contributed by atoms with van der Waals surface area (Å²) < 4.78 is 11.3. The van der Waals surface area contributed by atoms with Crippen molar-refractivity contribution in [1.82, 2.24) is 14.5 Å². The average Bonchev–Trinajstić information content (AvgIpc) is 3.17. The molecule has 0 aromatic carbocycles. The van der Waals surface area contributed by atoms with Crippen LogP contribution in [0.2, 0.25) is 0 Å². The molecule has 2 fully saturated rings. The van der Waals surface area contributed by atoms with E-state index in [0.29, 0.717) is 49.3 Å². The Bertz CT molecular complexity index is 762. The first kappa shape index (κ1) is 15.3. The van der Waals surface area contributed by atoms with Crippen LogP contribution in [-0.2, 0) is 4.74 Å². The summed E-state index contributed by atoms with van der Waals surface area (Å²) in [6.07, 6.45) is 3.00. The number of thioether (sulfide) groups is 1. The van der Waals surface area contributed by atoms with E-state index in [-0.39, 0.29) is 16.5 Å². The maximum atomic E-state index is 12.3. The van der Waals surface area contributed by atoms with Gasteiger partial charge in [-0.25, -0.2) is 0 Å². The van der Waals surface area contributed by atoms with E-state index < -0.39 is 6.10 Å². The Kier molecular flexibility index (Phi) is 4.17. The Labute approximate surface area is 150 Å². The molecule has 0 amide bonds. The van der Waals surface area contributed by atoms with Gasteiger partial charge < -0.3 is 0 Å². The molecule has 114 valence electrons. The van der Waals surface area contributed by atoms with Gasteiger partial charge in [-0.1, -0.05) is 0 Å². The number of ether oxygens (including phenoxy) is 1. The number of hydrogen-bond donors (Lipinski definition) is 2. The molecule has 10 heteroatoms. The van der Waals surface area contributed by atoms with E-state index >= 15 is 0 Å². The van der Waals surface area contributed by atoms with Crippen molar-refractivity contribution in [1.29, 1.82) is 0 Å². The summed E-state index contributed by atoms with van der Waals surface area (Å²) >= 11 is 3.24. The van der Waals surface area contributed by atoms with Gasteiger partial charge in [0.25, 0.3) is 0 Å². The average molecular weight is 530 g/mol. The van der Waals surface area contributed by atoms with E-state index in [2.05, 4.69) is 13.1 Å². The predicted octanol–water partition coefficient (Wildman–Crippen LogP) is 0.707. The van der Waals surface area contributed by atoms with Crippen molar-refractivity contribution in [2.45, 2.75) is 30.6 Å². The molecule has 3 heterocycles. The summed E-state index contributed by atoms with van der Waals surface area (Å²) in [7, 11) is 0. The third kappa shape index (κ3) is 2.70. The third-order valence-corrected chi connectivity index (χ3v) is 6.93. The van der Waals surface area contributed by atoms with Crippen LogP contribution in [0.15, 0.2) is 11.0 Å². The SMILES string of the molecule is O=c1sc2cnc([NH][Tl])nc2n1C1CSC(C(O)C2CC2)O1. The summed E-state index contributed by atoms with van der Waals surface area (Å²) in [4.78, 5) is 20.8. The summed E-state index contributed by atoms with van der Waals surface area (Å²) in [6, 6.07) is 0. The van der Waals surface area contributed by atoms with Gasteiger partial charge in [0.05, 0.1) is 0 Å². The zero-order valence-corrected chi connectivity index (χ0v) is 17.6. The summed E-state index contributed by atoms with van der Waals surface area (Å²) in [5.74, 6) is 1.55. The molecular weight excluding hydrogens is 517 g/mol. The molecule has 2 N–H and O–H groups in total. The van der Waals surface area contributed by atoms with Gasteiger partial charge in [0.2, 0.25) is 0 Å². The van der Waals surface area contributed by atoms with Crippen molar-refractivity contribution in [3.63, 3.8) is 0 Å². The number of nitrogens with one attached hydrogen (secondary N) is 1. The molecule has 0 spiro atoms. The monoisotopic (exact) mass is 530 g/mol. The molecule has 1 aliphatic carbocycles. The quantitative estimate of drug-likeness (QED) is 0.564. The predicted molar refractivity (Wildman–Crippen MR) is 86.2 cm³/mol. The topological polar surface area (TPSA) is 89.3 Å². The summed E-state index contributed by atoms with van der Waals surface area (Å²) in [5.41, 5.74) is 0.360. The molecule has 7 nitrogen and oxygen atoms in total. The van der Waals surface area contributed by atoms with Gasteiger partial charge >= 0.3 is 151 Å². The van der Waals surface area contributed by atoms with E-state index in [1.165, 1.54) is 0 Å². The van der Waals surface area contributed by atoms with Gasteiger partial charge in [0.1, 0.15) is 0 Å². The standard InChI is InChI=1S/C12H13N4O3S2.Tl/c13-11-14-3-6-9(15-11)16(12(18)21-6)7-4-20-10(19-7)8(17)5-1-2-5;/h3,5,7-8,10,17H,1-2,4H2,(H-,13,14,15);/q-1;+1. The van der Waals surface area contributed by atoms with Gasteiger partial charge in [0, 0.05) is 0 Å². The van der Waals surface area contributed by atoms with Crippen molar-refractivity contribution >= 4 is 65.5 Å². The van der Waals surface area contributed by atoms with Crippen molar-refractivity contribution in [3.8, 4) is 0 Å². The van der Waals surface area contributed by atoms with E-state index in [4.69, 9.17) is 4.74 Å². The number of anilines is 1. The fourth-order valence-electron chi connectivity index (χ4n) is 2.54. The Morgan fingerprint density at radius 2 is 2.36 bits per heavy atom. The minimum absolute atomic E-state index is 0.0931. The van der Waals surface area contributed by atoms with E-state index in [0.717, 1.165) is 28.9 Å². The van der Waals surface area contributed by atoms with Crippen LogP contribution in [0.3, 0.4) is 0 Å². The minimum atomic E-state index is -0.440. The Morgan fingerprint density at radius 1 is 1.55 bits per heavy atom. The van der Waals surface area contributed by atoms with Crippen LogP contribution < -0.4 is 8.00 Å². The molecule has 2 aromatic heterocycles. The second-order valence-electron chi connectivity index (χ2n) is 5.38. The van der Waals surface area contributed by atoms with Gasteiger partial charge in [-0.15, -0.1) is 0 Å². The molecule has 3 atom stereocenters. The number of thiazole rings is 1. The molecule has 0 bridgehead atoms. The molecule has 0 radical (unpaired) electrons. The molecule has 3 unspecified atom stereocenters. The number of rotatable bonds is 4. The van der Waals surface area contributed by atoms with Crippen LogP contribution in [0, 0.1) is 5.92 Å². The van der Waals surface area contributed by atoms with Crippen molar-refractivity contribution in [2.24, 2.45) is 5.92 Å². The second kappa shape index (κ2) is 6.00. The molecule has 1 saturated heterocycles. The first-order valence-corrected chi connectivity index (χ1v) is 11.1. The number of aliphatic hydroxyl groups is 1. The fourth-order valence-corrected chi connectivity index (χ4v) is 5.12. The van der Waals surface area contributed by atoms with Crippen molar-refractivity contribution in [2.75, 3.05) is 8.88 Å². The number of fused-ring (bicyclic) bond motifs is 1. The Morgan fingerprint density at radius 3 is 3.09 bits per heavy atom. The molecule has 1 saturated carbocycles. The van der Waals surface area contributed by atoms with E-state index in [9.17, 15) is 9.90 Å². The Balaban J connectivity index is 1.66.